The maximum atomic E-state index is 13.0. The molecule has 2 aromatic carbocycles. The Balaban J connectivity index is 1.49. The Morgan fingerprint density at radius 1 is 1.03 bits per heavy atom. The van der Waals surface area contributed by atoms with Gasteiger partial charge in [0.05, 0.1) is 12.6 Å². The molecule has 4 rings (SSSR count). The van der Waals surface area contributed by atoms with Crippen molar-refractivity contribution in [3.8, 4) is 0 Å². The van der Waals surface area contributed by atoms with Gasteiger partial charge in [0.1, 0.15) is 11.9 Å². The highest BCUT2D eigenvalue weighted by Gasteiger charge is 2.38. The van der Waals surface area contributed by atoms with Crippen molar-refractivity contribution in [2.24, 2.45) is 0 Å². The van der Waals surface area contributed by atoms with E-state index in [1.807, 2.05) is 50.2 Å². The lowest BCUT2D eigenvalue weighted by Crippen LogP contribution is -2.51. The van der Waals surface area contributed by atoms with E-state index in [0.717, 1.165) is 11.3 Å². The minimum atomic E-state index is -0.719. The van der Waals surface area contributed by atoms with Crippen LogP contribution in [0.5, 0.6) is 0 Å². The summed E-state index contributed by atoms with van der Waals surface area (Å²) in [6.45, 7) is 10.4. The van der Waals surface area contributed by atoms with Crippen LogP contribution < -0.4 is 5.32 Å². The number of amides is 1. The van der Waals surface area contributed by atoms with Gasteiger partial charge in [-0.25, -0.2) is 0 Å². The molecular formula is C27H31NO4. The van der Waals surface area contributed by atoms with Crippen LogP contribution in [0.1, 0.15) is 64.1 Å². The number of furan rings is 1. The first-order valence-electron chi connectivity index (χ1n) is 11.0. The van der Waals surface area contributed by atoms with E-state index in [9.17, 15) is 4.79 Å². The van der Waals surface area contributed by atoms with Gasteiger partial charge in [-0.3, -0.25) is 4.79 Å². The summed E-state index contributed by atoms with van der Waals surface area (Å²) in [5, 5.41) is 3.05. The fourth-order valence-electron chi connectivity index (χ4n) is 4.36. The summed E-state index contributed by atoms with van der Waals surface area (Å²) in [6.07, 6.45) is 0.345. The molecule has 0 bridgehead atoms. The Bertz CT molecular complexity index is 1080. The number of benzene rings is 2. The van der Waals surface area contributed by atoms with Crippen LogP contribution in [0.3, 0.4) is 0 Å². The highest BCUT2D eigenvalue weighted by molar-refractivity contribution is 5.91. The van der Waals surface area contributed by atoms with Gasteiger partial charge in [-0.05, 0) is 69.0 Å². The molecule has 0 radical (unpaired) electrons. The molecule has 1 N–H and O–H groups in total. The molecular weight excluding hydrogens is 402 g/mol. The van der Waals surface area contributed by atoms with Crippen LogP contribution in [0.15, 0.2) is 59.0 Å². The Morgan fingerprint density at radius 3 is 2.41 bits per heavy atom. The number of carbonyl (C=O) groups excluding carboxylic acids is 1. The number of rotatable bonds is 5. The molecule has 1 fully saturated rings. The van der Waals surface area contributed by atoms with E-state index in [0.29, 0.717) is 18.8 Å². The first kappa shape index (κ1) is 22.3. The molecule has 0 spiro atoms. The third kappa shape index (κ3) is 4.95. The van der Waals surface area contributed by atoms with E-state index >= 15 is 0 Å². The van der Waals surface area contributed by atoms with Crippen molar-refractivity contribution >= 4 is 5.91 Å². The summed E-state index contributed by atoms with van der Waals surface area (Å²) in [7, 11) is 0. The van der Waals surface area contributed by atoms with Crippen molar-refractivity contribution in [2.45, 2.75) is 59.0 Å². The Kier molecular flexibility index (Phi) is 6.22. The van der Waals surface area contributed by atoms with Gasteiger partial charge in [-0.1, -0.05) is 48.0 Å². The molecule has 1 saturated heterocycles. The normalized spacial score (nSPS) is 20.2. The van der Waals surface area contributed by atoms with Gasteiger partial charge in [0.2, 0.25) is 0 Å². The molecule has 1 aliphatic heterocycles. The summed E-state index contributed by atoms with van der Waals surface area (Å²) in [5.74, 6) is 0.0659. The highest BCUT2D eigenvalue weighted by atomic mass is 16.7. The van der Waals surface area contributed by atoms with Gasteiger partial charge >= 0.3 is 0 Å². The second-order valence-electron chi connectivity index (χ2n) is 9.06. The lowest BCUT2D eigenvalue weighted by molar-refractivity contribution is -0.284. The second-order valence-corrected chi connectivity index (χ2v) is 9.06. The van der Waals surface area contributed by atoms with E-state index in [-0.39, 0.29) is 18.1 Å². The smallest absolute Gasteiger partial charge is 0.287 e. The fraction of sp³-hybridized carbons (Fsp3) is 0.370. The van der Waals surface area contributed by atoms with Crippen LogP contribution in [0.2, 0.25) is 0 Å². The largest absolute Gasteiger partial charge is 0.456 e. The molecule has 1 aromatic heterocycles. The molecule has 2 unspecified atom stereocenters. The summed E-state index contributed by atoms with van der Waals surface area (Å²) in [4.78, 5) is 13.0. The van der Waals surface area contributed by atoms with Gasteiger partial charge in [0.25, 0.3) is 5.91 Å². The Labute approximate surface area is 189 Å². The van der Waals surface area contributed by atoms with Crippen molar-refractivity contribution in [1.29, 1.82) is 0 Å². The monoisotopic (exact) mass is 433 g/mol. The zero-order valence-corrected chi connectivity index (χ0v) is 19.4. The van der Waals surface area contributed by atoms with Crippen molar-refractivity contribution in [3.63, 3.8) is 0 Å². The predicted molar refractivity (Wildman–Crippen MR) is 124 cm³/mol. The summed E-state index contributed by atoms with van der Waals surface area (Å²) >= 11 is 0. The molecule has 32 heavy (non-hydrogen) atoms. The molecule has 1 amide bonds. The summed E-state index contributed by atoms with van der Waals surface area (Å²) in [5.41, 5.74) is 5.94. The topological polar surface area (TPSA) is 60.7 Å². The van der Waals surface area contributed by atoms with Crippen LogP contribution in [-0.2, 0) is 15.9 Å². The van der Waals surface area contributed by atoms with E-state index in [2.05, 4.69) is 38.2 Å². The number of hydrogen-bond acceptors (Lipinski definition) is 4. The van der Waals surface area contributed by atoms with Crippen molar-refractivity contribution in [3.05, 3.63) is 93.9 Å². The molecule has 1 aliphatic rings. The Hall–Kier alpha value is -2.89. The van der Waals surface area contributed by atoms with Crippen molar-refractivity contribution in [1.82, 2.24) is 5.32 Å². The number of aryl methyl sites for hydroxylation is 3. The minimum absolute atomic E-state index is 0.272. The number of hydrogen-bond donors (Lipinski definition) is 1. The maximum absolute atomic E-state index is 13.0. The van der Waals surface area contributed by atoms with Crippen LogP contribution in [0.25, 0.3) is 0 Å². The van der Waals surface area contributed by atoms with Crippen molar-refractivity contribution < 1.29 is 18.7 Å². The summed E-state index contributed by atoms with van der Waals surface area (Å²) in [6, 6.07) is 17.5. The van der Waals surface area contributed by atoms with E-state index < -0.39 is 5.79 Å². The lowest BCUT2D eigenvalue weighted by atomic mass is 9.97. The third-order valence-corrected chi connectivity index (χ3v) is 5.91. The van der Waals surface area contributed by atoms with Gasteiger partial charge in [-0.2, -0.15) is 0 Å². The van der Waals surface area contributed by atoms with Crippen LogP contribution in [-0.4, -0.2) is 24.3 Å². The highest BCUT2D eigenvalue weighted by Crippen LogP contribution is 2.33. The zero-order chi connectivity index (χ0) is 22.9. The number of nitrogens with one attached hydrogen (secondary N) is 1. The standard InChI is InChI=1S/C27H31NO4/c1-17-13-18(2)22(19(3)14-17)15-21-11-12-24(31-21)26(29)28-23-16-30-27(4,5)32-25(23)20-9-7-6-8-10-20/h6-14,23,25H,15-16H2,1-5H3,(H,28,29). The predicted octanol–water partition coefficient (Wildman–Crippen LogP) is 5.42. The third-order valence-electron chi connectivity index (χ3n) is 5.91. The van der Waals surface area contributed by atoms with E-state index in [4.69, 9.17) is 13.9 Å². The van der Waals surface area contributed by atoms with Crippen LogP contribution >= 0.6 is 0 Å². The number of ether oxygens (including phenoxy) is 2. The Morgan fingerprint density at radius 2 is 1.72 bits per heavy atom. The quantitative estimate of drug-likeness (QED) is 0.584. The molecule has 3 aromatic rings. The van der Waals surface area contributed by atoms with Gasteiger partial charge in [0, 0.05) is 6.42 Å². The zero-order valence-electron chi connectivity index (χ0n) is 19.4. The van der Waals surface area contributed by atoms with Crippen molar-refractivity contribution in [2.75, 3.05) is 6.61 Å². The first-order valence-corrected chi connectivity index (χ1v) is 11.0. The average molecular weight is 434 g/mol. The maximum Gasteiger partial charge on any atom is 0.287 e. The van der Waals surface area contributed by atoms with Crippen LogP contribution in [0, 0.1) is 20.8 Å². The van der Waals surface area contributed by atoms with Gasteiger partial charge < -0.3 is 19.2 Å². The average Bonchev–Trinajstić information content (AvgIpc) is 3.21. The number of carbonyl (C=O) groups is 1. The molecule has 5 nitrogen and oxygen atoms in total. The van der Waals surface area contributed by atoms with Gasteiger partial charge in [-0.15, -0.1) is 0 Å². The van der Waals surface area contributed by atoms with Crippen LogP contribution in [0.4, 0.5) is 0 Å². The fourth-order valence-corrected chi connectivity index (χ4v) is 4.36. The molecule has 5 heteroatoms. The molecule has 0 saturated carbocycles. The second kappa shape index (κ2) is 8.93. The molecule has 2 heterocycles. The minimum Gasteiger partial charge on any atom is -0.456 e. The molecule has 168 valence electrons. The summed E-state index contributed by atoms with van der Waals surface area (Å²) < 4.78 is 17.9. The molecule has 2 atom stereocenters. The van der Waals surface area contributed by atoms with E-state index in [1.165, 1.54) is 22.3 Å². The van der Waals surface area contributed by atoms with E-state index in [1.54, 1.807) is 6.07 Å². The lowest BCUT2D eigenvalue weighted by Gasteiger charge is -2.41. The SMILES string of the molecule is Cc1cc(C)c(Cc2ccc(C(=O)NC3COC(C)(C)OC3c3ccccc3)o2)c(C)c1. The van der Waals surface area contributed by atoms with Gasteiger partial charge in [0.15, 0.2) is 11.5 Å². The first-order chi connectivity index (χ1) is 15.2. The molecule has 0 aliphatic carbocycles.